The van der Waals surface area contributed by atoms with Gasteiger partial charge >= 0.3 is 5.97 Å². The third kappa shape index (κ3) is 5.94. The second-order valence-corrected chi connectivity index (χ2v) is 8.71. The van der Waals surface area contributed by atoms with Gasteiger partial charge in [-0.05, 0) is 32.3 Å². The summed E-state index contributed by atoms with van der Waals surface area (Å²) < 4.78 is 14.5. The van der Waals surface area contributed by atoms with Crippen LogP contribution in [0.1, 0.15) is 65.8 Å². The number of aromatic nitrogens is 4. The number of hydrogen-bond donors (Lipinski definition) is 1. The van der Waals surface area contributed by atoms with E-state index in [1.54, 1.807) is 28.7 Å². The first-order valence-corrected chi connectivity index (χ1v) is 10.9. The molecule has 170 valence electrons. The number of carbonyl (C=O) groups excluding carboxylic acids is 2. The number of nitrogens with zero attached hydrogens (tertiary/aromatic N) is 4. The molecule has 0 spiro atoms. The average Bonchev–Trinajstić information content (AvgIpc) is 3.30. The Hall–Kier alpha value is -2.68. The van der Waals surface area contributed by atoms with Gasteiger partial charge in [0.05, 0.1) is 12.3 Å². The van der Waals surface area contributed by atoms with Crippen LogP contribution < -0.4 is 5.32 Å². The number of aryl methyl sites for hydroxylation is 2. The lowest BCUT2D eigenvalue weighted by atomic mass is 9.86. The van der Waals surface area contributed by atoms with Crippen LogP contribution in [0.5, 0.6) is 0 Å². The van der Waals surface area contributed by atoms with Crippen molar-refractivity contribution in [2.45, 2.75) is 53.0 Å². The van der Waals surface area contributed by atoms with Crippen LogP contribution in [-0.2, 0) is 35.9 Å². The topological polar surface area (TPSA) is 100 Å². The molecular weight excluding hydrogens is 398 g/mol. The van der Waals surface area contributed by atoms with Crippen LogP contribution in [0, 0.1) is 5.41 Å². The molecular formula is C22H33N5O4. The Kier molecular flexibility index (Phi) is 7.48. The van der Waals surface area contributed by atoms with E-state index in [4.69, 9.17) is 14.6 Å². The predicted octanol–water partition coefficient (Wildman–Crippen LogP) is 2.14. The molecule has 1 aliphatic rings. The molecule has 0 radical (unpaired) electrons. The highest BCUT2D eigenvalue weighted by Crippen LogP contribution is 2.27. The van der Waals surface area contributed by atoms with Gasteiger partial charge in [-0.2, -0.15) is 10.2 Å². The highest BCUT2D eigenvalue weighted by Gasteiger charge is 2.29. The second-order valence-electron chi connectivity index (χ2n) is 8.71. The smallest absolute Gasteiger partial charge is 0.358 e. The maximum Gasteiger partial charge on any atom is 0.358 e. The third-order valence-corrected chi connectivity index (χ3v) is 5.28. The summed E-state index contributed by atoms with van der Waals surface area (Å²) in [4.78, 5) is 25.2. The minimum atomic E-state index is -0.441. The zero-order valence-corrected chi connectivity index (χ0v) is 18.9. The van der Waals surface area contributed by atoms with Gasteiger partial charge in [0.2, 0.25) is 0 Å². The molecule has 1 N–H and O–H groups in total. The van der Waals surface area contributed by atoms with E-state index < -0.39 is 5.97 Å². The summed E-state index contributed by atoms with van der Waals surface area (Å²) in [6.45, 7) is 8.78. The molecule has 31 heavy (non-hydrogen) atoms. The van der Waals surface area contributed by atoms with Crippen molar-refractivity contribution in [3.63, 3.8) is 0 Å². The SMILES string of the molecule is CCn1nc(CC(C)(C)COC(=O)c2ccn(C)n2)c2c1C(=O)NCCCOCCC2. The average molecular weight is 432 g/mol. The molecule has 9 heteroatoms. The van der Waals surface area contributed by atoms with Crippen LogP contribution >= 0.6 is 0 Å². The number of fused-ring (bicyclic) bond motifs is 1. The number of rotatable bonds is 6. The van der Waals surface area contributed by atoms with Crippen LogP contribution in [-0.4, -0.2) is 57.8 Å². The molecule has 0 unspecified atom stereocenters. The van der Waals surface area contributed by atoms with Crippen molar-refractivity contribution < 1.29 is 19.1 Å². The van der Waals surface area contributed by atoms with Crippen molar-refractivity contribution in [1.82, 2.24) is 24.9 Å². The van der Waals surface area contributed by atoms with Crippen molar-refractivity contribution in [2.75, 3.05) is 26.4 Å². The highest BCUT2D eigenvalue weighted by molar-refractivity contribution is 5.94. The largest absolute Gasteiger partial charge is 0.460 e. The maximum absolute atomic E-state index is 12.9. The summed E-state index contributed by atoms with van der Waals surface area (Å²) in [5.74, 6) is -0.527. The lowest BCUT2D eigenvalue weighted by molar-refractivity contribution is 0.0332. The minimum Gasteiger partial charge on any atom is -0.460 e. The Morgan fingerprint density at radius 1 is 1.29 bits per heavy atom. The summed E-state index contributed by atoms with van der Waals surface area (Å²) in [5.41, 5.74) is 2.42. The number of esters is 1. The number of ether oxygens (including phenoxy) is 2. The van der Waals surface area contributed by atoms with Gasteiger partial charge in [0.1, 0.15) is 5.69 Å². The molecule has 3 rings (SSSR count). The summed E-state index contributed by atoms with van der Waals surface area (Å²) >= 11 is 0. The predicted molar refractivity (Wildman–Crippen MR) is 115 cm³/mol. The molecule has 0 saturated carbocycles. The third-order valence-electron chi connectivity index (χ3n) is 5.28. The van der Waals surface area contributed by atoms with Crippen molar-refractivity contribution in [3.05, 3.63) is 34.9 Å². The summed E-state index contributed by atoms with van der Waals surface area (Å²) in [7, 11) is 1.76. The number of amides is 1. The van der Waals surface area contributed by atoms with E-state index in [0.717, 1.165) is 30.5 Å². The van der Waals surface area contributed by atoms with E-state index in [-0.39, 0.29) is 17.9 Å². The van der Waals surface area contributed by atoms with E-state index in [2.05, 4.69) is 10.4 Å². The molecule has 0 atom stereocenters. The molecule has 0 bridgehead atoms. The van der Waals surface area contributed by atoms with Crippen LogP contribution in [0.2, 0.25) is 0 Å². The highest BCUT2D eigenvalue weighted by atomic mass is 16.5. The molecule has 0 aliphatic carbocycles. The molecule has 9 nitrogen and oxygen atoms in total. The van der Waals surface area contributed by atoms with Gasteiger partial charge in [0.15, 0.2) is 5.69 Å². The molecule has 1 aliphatic heterocycles. The molecule has 0 saturated heterocycles. The van der Waals surface area contributed by atoms with Crippen LogP contribution in [0.25, 0.3) is 0 Å². The fraction of sp³-hybridized carbons (Fsp3) is 0.636. The zero-order chi connectivity index (χ0) is 22.4. The first-order chi connectivity index (χ1) is 14.8. The normalized spacial score (nSPS) is 15.7. The summed E-state index contributed by atoms with van der Waals surface area (Å²) in [6, 6.07) is 1.63. The molecule has 3 heterocycles. The zero-order valence-electron chi connectivity index (χ0n) is 18.9. The van der Waals surface area contributed by atoms with Gasteiger partial charge in [-0.1, -0.05) is 13.8 Å². The first kappa shape index (κ1) is 23.0. The maximum atomic E-state index is 12.9. The quantitative estimate of drug-likeness (QED) is 0.704. The van der Waals surface area contributed by atoms with Crippen molar-refractivity contribution in [2.24, 2.45) is 12.5 Å². The molecule has 1 amide bonds. The molecule has 2 aromatic rings. The monoisotopic (exact) mass is 431 g/mol. The Labute approximate surface area is 183 Å². The van der Waals surface area contributed by atoms with Crippen molar-refractivity contribution >= 4 is 11.9 Å². The second kappa shape index (κ2) is 10.1. The van der Waals surface area contributed by atoms with Gasteiger partial charge < -0.3 is 14.8 Å². The lowest BCUT2D eigenvalue weighted by Gasteiger charge is -2.23. The fourth-order valence-corrected chi connectivity index (χ4v) is 3.71. The fourth-order valence-electron chi connectivity index (χ4n) is 3.71. The van der Waals surface area contributed by atoms with E-state index in [1.807, 2.05) is 20.8 Å². The lowest BCUT2D eigenvalue weighted by Crippen LogP contribution is -2.28. The first-order valence-electron chi connectivity index (χ1n) is 10.9. The summed E-state index contributed by atoms with van der Waals surface area (Å²) in [5, 5.41) is 11.8. The number of nitrogens with one attached hydrogen (secondary N) is 1. The Morgan fingerprint density at radius 2 is 2.06 bits per heavy atom. The van der Waals surface area contributed by atoms with Gasteiger partial charge in [-0.3, -0.25) is 14.2 Å². The molecule has 0 fully saturated rings. The van der Waals surface area contributed by atoms with Gasteiger partial charge in [-0.15, -0.1) is 0 Å². The van der Waals surface area contributed by atoms with Crippen molar-refractivity contribution in [3.8, 4) is 0 Å². The molecule has 0 aromatic carbocycles. The van der Waals surface area contributed by atoms with E-state index in [1.165, 1.54) is 0 Å². The minimum absolute atomic E-state index is 0.0862. The van der Waals surface area contributed by atoms with E-state index in [0.29, 0.717) is 44.1 Å². The Morgan fingerprint density at radius 3 is 2.77 bits per heavy atom. The van der Waals surface area contributed by atoms with Crippen LogP contribution in [0.15, 0.2) is 12.3 Å². The van der Waals surface area contributed by atoms with Crippen LogP contribution in [0.3, 0.4) is 0 Å². The Bertz CT molecular complexity index is 915. The van der Waals surface area contributed by atoms with E-state index in [9.17, 15) is 9.59 Å². The van der Waals surface area contributed by atoms with Crippen LogP contribution in [0.4, 0.5) is 0 Å². The Balaban J connectivity index is 1.77. The van der Waals surface area contributed by atoms with E-state index >= 15 is 0 Å². The van der Waals surface area contributed by atoms with Crippen molar-refractivity contribution in [1.29, 1.82) is 0 Å². The summed E-state index contributed by atoms with van der Waals surface area (Å²) in [6.07, 6.45) is 4.65. The van der Waals surface area contributed by atoms with Gasteiger partial charge in [-0.25, -0.2) is 4.79 Å². The standard InChI is InChI=1S/C22H33N5O4/c1-5-27-19-16(8-6-12-30-13-7-10-23-20(19)28)18(25-27)14-22(2,3)15-31-21(29)17-9-11-26(4)24-17/h9,11H,5-8,10,12-15H2,1-4H3,(H,23,28). The van der Waals surface area contributed by atoms with Gasteiger partial charge in [0, 0.05) is 56.9 Å². The number of carbonyl (C=O) groups is 2. The number of hydrogen-bond acceptors (Lipinski definition) is 6. The molecule has 2 aromatic heterocycles. The van der Waals surface area contributed by atoms with Gasteiger partial charge in [0.25, 0.3) is 5.91 Å².